The van der Waals surface area contributed by atoms with Gasteiger partial charge in [0.25, 0.3) is 5.91 Å². The molecule has 3 nitrogen and oxygen atoms in total. The number of pyridine rings is 1. The van der Waals surface area contributed by atoms with Crippen molar-refractivity contribution in [3.05, 3.63) is 88.7 Å². The number of hydrogen-bond acceptors (Lipinski definition) is 2. The van der Waals surface area contributed by atoms with Crippen molar-refractivity contribution >= 4 is 5.91 Å². The Morgan fingerprint density at radius 3 is 1.91 bits per heavy atom. The molecule has 0 unspecified atom stereocenters. The summed E-state index contributed by atoms with van der Waals surface area (Å²) in [6.45, 7) is 5.29. The highest BCUT2D eigenvalue weighted by atomic mass is 19.4. The number of carbonyl (C=O) groups is 1. The number of rotatable bonds is 4. The molecule has 2 aromatic carbocycles. The van der Waals surface area contributed by atoms with E-state index in [4.69, 9.17) is 0 Å². The average Bonchev–Trinajstić information content (AvgIpc) is 2.79. The first-order valence-corrected chi connectivity index (χ1v) is 10.4. The summed E-state index contributed by atoms with van der Waals surface area (Å²) >= 11 is 0. The number of hydrogen-bond donors (Lipinski definition) is 0. The molecule has 1 heterocycles. The number of aromatic nitrogens is 1. The summed E-state index contributed by atoms with van der Waals surface area (Å²) < 4.78 is 78.7. The van der Waals surface area contributed by atoms with Gasteiger partial charge in [0.1, 0.15) is 0 Å². The zero-order valence-electron chi connectivity index (χ0n) is 19.1. The number of halogens is 6. The van der Waals surface area contributed by atoms with Crippen LogP contribution in [0.2, 0.25) is 0 Å². The number of benzene rings is 2. The zero-order chi connectivity index (χ0) is 25.7. The minimum Gasteiger partial charge on any atom is -0.337 e. The quantitative estimate of drug-likeness (QED) is 0.363. The Hall–Kier alpha value is -3.36. The molecule has 3 aromatic rings. The first-order valence-electron chi connectivity index (χ1n) is 10.4. The number of amides is 1. The number of alkyl halides is 6. The second kappa shape index (κ2) is 10.7. The van der Waals surface area contributed by atoms with Crippen molar-refractivity contribution in [2.75, 3.05) is 7.05 Å². The average molecular weight is 482 g/mol. The van der Waals surface area contributed by atoms with Gasteiger partial charge >= 0.3 is 12.4 Å². The van der Waals surface area contributed by atoms with E-state index in [9.17, 15) is 31.1 Å². The fraction of sp³-hybridized carbons (Fsp3) is 0.280. The summed E-state index contributed by atoms with van der Waals surface area (Å²) in [5.41, 5.74) is -1.01. The summed E-state index contributed by atoms with van der Waals surface area (Å²) in [4.78, 5) is 18.2. The molecule has 9 heteroatoms. The Labute approximate surface area is 194 Å². The van der Waals surface area contributed by atoms with Gasteiger partial charge in [0.2, 0.25) is 0 Å². The molecule has 182 valence electrons. The molecule has 0 aliphatic rings. The second-order valence-corrected chi connectivity index (χ2v) is 7.31. The monoisotopic (exact) mass is 482 g/mol. The molecule has 0 N–H and O–H groups in total. The van der Waals surface area contributed by atoms with E-state index >= 15 is 0 Å². The van der Waals surface area contributed by atoms with Crippen molar-refractivity contribution in [3.63, 3.8) is 0 Å². The van der Waals surface area contributed by atoms with E-state index in [-0.39, 0.29) is 17.2 Å². The predicted molar refractivity (Wildman–Crippen MR) is 118 cm³/mol. The lowest BCUT2D eigenvalue weighted by molar-refractivity contribution is -0.143. The van der Waals surface area contributed by atoms with Gasteiger partial charge in [-0.15, -0.1) is 0 Å². The van der Waals surface area contributed by atoms with E-state index in [0.29, 0.717) is 23.4 Å². The number of carbonyl (C=O) groups excluding carboxylic acids is 1. The molecule has 0 bridgehead atoms. The van der Waals surface area contributed by atoms with Crippen molar-refractivity contribution in [1.29, 1.82) is 0 Å². The van der Waals surface area contributed by atoms with Crippen molar-refractivity contribution < 1.29 is 31.1 Å². The summed E-state index contributed by atoms with van der Waals surface area (Å²) in [5.74, 6) is -0.581. The van der Waals surface area contributed by atoms with Gasteiger partial charge < -0.3 is 4.90 Å². The smallest absolute Gasteiger partial charge is 0.337 e. The lowest BCUT2D eigenvalue weighted by Crippen LogP contribution is -2.27. The molecule has 0 saturated heterocycles. The molecule has 0 fully saturated rings. The fourth-order valence-corrected chi connectivity index (χ4v) is 3.25. The van der Waals surface area contributed by atoms with Crippen LogP contribution in [-0.2, 0) is 18.9 Å². The Bertz CT molecular complexity index is 1090. The van der Waals surface area contributed by atoms with E-state index in [1.54, 1.807) is 43.3 Å². The third-order valence-corrected chi connectivity index (χ3v) is 4.77. The van der Waals surface area contributed by atoms with Gasteiger partial charge in [-0.2, -0.15) is 26.3 Å². The van der Waals surface area contributed by atoms with E-state index < -0.39 is 35.9 Å². The maximum atomic E-state index is 13.1. The van der Waals surface area contributed by atoms with Crippen LogP contribution in [-0.4, -0.2) is 22.8 Å². The predicted octanol–water partition coefficient (Wildman–Crippen LogP) is 7.39. The third-order valence-electron chi connectivity index (χ3n) is 4.77. The van der Waals surface area contributed by atoms with Gasteiger partial charge in [0.15, 0.2) is 0 Å². The highest BCUT2D eigenvalue weighted by molar-refractivity contribution is 6.00. The molecule has 0 atom stereocenters. The molecular formula is C25H24F6N2O. The Morgan fingerprint density at radius 2 is 1.41 bits per heavy atom. The molecule has 34 heavy (non-hydrogen) atoms. The topological polar surface area (TPSA) is 33.2 Å². The third kappa shape index (κ3) is 6.59. The SMILES string of the molecule is CC.Cc1cc(-c2ccccc2)c(C(=O)N(C)Cc2cc(C(F)(F)F)cc(C(F)(F)F)c2)cn1. The van der Waals surface area contributed by atoms with Crippen LogP contribution in [0.3, 0.4) is 0 Å². The van der Waals surface area contributed by atoms with Crippen molar-refractivity contribution in [1.82, 2.24) is 9.88 Å². The summed E-state index contributed by atoms with van der Waals surface area (Å²) in [6, 6.07) is 11.9. The first kappa shape index (κ1) is 26.9. The summed E-state index contributed by atoms with van der Waals surface area (Å²) in [7, 11) is 1.31. The lowest BCUT2D eigenvalue weighted by Gasteiger charge is -2.21. The Kier molecular flexibility index (Phi) is 8.47. The van der Waals surface area contributed by atoms with Crippen LogP contribution in [0.25, 0.3) is 11.1 Å². The van der Waals surface area contributed by atoms with E-state index in [2.05, 4.69) is 4.98 Å². The highest BCUT2D eigenvalue weighted by Crippen LogP contribution is 2.36. The maximum Gasteiger partial charge on any atom is 0.416 e. The van der Waals surface area contributed by atoms with Crippen LogP contribution >= 0.6 is 0 Å². The van der Waals surface area contributed by atoms with E-state index in [0.717, 1.165) is 10.5 Å². The number of aryl methyl sites for hydroxylation is 1. The van der Waals surface area contributed by atoms with Gasteiger partial charge in [-0.3, -0.25) is 9.78 Å². The first-order chi connectivity index (χ1) is 15.9. The normalized spacial score (nSPS) is 11.5. The summed E-state index contributed by atoms with van der Waals surface area (Å²) in [5, 5.41) is 0. The van der Waals surface area contributed by atoms with Crippen LogP contribution in [0.4, 0.5) is 26.3 Å². The molecule has 0 aliphatic heterocycles. The van der Waals surface area contributed by atoms with Crippen LogP contribution in [0, 0.1) is 6.92 Å². The Balaban J connectivity index is 0.00000199. The molecule has 0 radical (unpaired) electrons. The molecule has 0 aliphatic carbocycles. The van der Waals surface area contributed by atoms with Gasteiger partial charge in [-0.25, -0.2) is 0 Å². The largest absolute Gasteiger partial charge is 0.416 e. The molecule has 0 saturated carbocycles. The van der Waals surface area contributed by atoms with Crippen LogP contribution in [0.5, 0.6) is 0 Å². The standard InChI is InChI=1S/C23H18F6N2O.C2H6/c1-14-8-19(16-6-4-3-5-7-16)20(12-30-14)21(32)31(2)13-15-9-17(22(24,25)26)11-18(10-15)23(27,28)29;1-2/h3-12H,13H2,1-2H3;1-2H3. The van der Waals surface area contributed by atoms with Crippen LogP contribution in [0.1, 0.15) is 46.6 Å². The van der Waals surface area contributed by atoms with Crippen LogP contribution in [0.15, 0.2) is 60.8 Å². The lowest BCUT2D eigenvalue weighted by atomic mass is 9.99. The maximum absolute atomic E-state index is 13.1. The minimum absolute atomic E-state index is 0.0583. The van der Waals surface area contributed by atoms with Crippen molar-refractivity contribution in [3.8, 4) is 11.1 Å². The zero-order valence-corrected chi connectivity index (χ0v) is 19.1. The highest BCUT2D eigenvalue weighted by Gasteiger charge is 2.37. The number of nitrogens with zero attached hydrogens (tertiary/aromatic N) is 2. The van der Waals surface area contributed by atoms with Gasteiger partial charge in [0, 0.05) is 25.5 Å². The van der Waals surface area contributed by atoms with Crippen LogP contribution < -0.4 is 0 Å². The molecule has 0 spiro atoms. The summed E-state index contributed by atoms with van der Waals surface area (Å²) in [6.07, 6.45) is -8.57. The molecule has 1 aromatic heterocycles. The van der Waals surface area contributed by atoms with Crippen molar-refractivity contribution in [2.24, 2.45) is 0 Å². The fourth-order valence-electron chi connectivity index (χ4n) is 3.25. The molecule has 1 amide bonds. The van der Waals surface area contributed by atoms with Gasteiger partial charge in [0.05, 0.1) is 16.7 Å². The molecule has 3 rings (SSSR count). The van der Waals surface area contributed by atoms with E-state index in [1.165, 1.54) is 13.2 Å². The minimum atomic E-state index is -4.96. The van der Waals surface area contributed by atoms with Crippen molar-refractivity contribution in [2.45, 2.75) is 39.7 Å². The second-order valence-electron chi connectivity index (χ2n) is 7.31. The van der Waals surface area contributed by atoms with Gasteiger partial charge in [-0.1, -0.05) is 44.2 Å². The Morgan fingerprint density at radius 1 is 0.882 bits per heavy atom. The molecular weight excluding hydrogens is 458 g/mol. The van der Waals surface area contributed by atoms with Gasteiger partial charge in [-0.05, 0) is 47.9 Å². The van der Waals surface area contributed by atoms with E-state index in [1.807, 2.05) is 13.8 Å².